The maximum atomic E-state index is 13.2. The minimum atomic E-state index is -0.359. The molecule has 3 rings (SSSR count). The molecule has 0 bridgehead atoms. The van der Waals surface area contributed by atoms with Crippen LogP contribution in [0.25, 0.3) is 0 Å². The van der Waals surface area contributed by atoms with Crippen molar-refractivity contribution in [3.8, 4) is 0 Å². The number of hydrogen-bond acceptors (Lipinski definition) is 3. The average Bonchev–Trinajstić information content (AvgIpc) is 3.03. The zero-order valence-electron chi connectivity index (χ0n) is 14.8. The van der Waals surface area contributed by atoms with Crippen LogP contribution in [0.1, 0.15) is 26.4 Å². The SMILES string of the molecule is Cn1nc(C(=O)NCCc2cccc(F)c2)cc1NC(=O)c1ccccc1. The van der Waals surface area contributed by atoms with Gasteiger partial charge in [-0.15, -0.1) is 0 Å². The fourth-order valence-corrected chi connectivity index (χ4v) is 2.58. The quantitative estimate of drug-likeness (QED) is 0.704. The van der Waals surface area contributed by atoms with Crippen molar-refractivity contribution in [3.63, 3.8) is 0 Å². The Hall–Kier alpha value is -3.48. The summed E-state index contributed by atoms with van der Waals surface area (Å²) in [7, 11) is 1.64. The van der Waals surface area contributed by atoms with Crippen molar-refractivity contribution < 1.29 is 14.0 Å². The van der Waals surface area contributed by atoms with Crippen LogP contribution in [0.2, 0.25) is 0 Å². The van der Waals surface area contributed by atoms with Crippen LogP contribution >= 0.6 is 0 Å². The van der Waals surface area contributed by atoms with Crippen LogP contribution in [-0.2, 0) is 13.5 Å². The first-order chi connectivity index (χ1) is 13.0. The molecule has 27 heavy (non-hydrogen) atoms. The monoisotopic (exact) mass is 366 g/mol. The predicted octanol–water partition coefficient (Wildman–Crippen LogP) is 2.78. The number of anilines is 1. The first kappa shape index (κ1) is 18.3. The highest BCUT2D eigenvalue weighted by Gasteiger charge is 2.15. The van der Waals surface area contributed by atoms with E-state index in [9.17, 15) is 14.0 Å². The van der Waals surface area contributed by atoms with Crippen LogP contribution < -0.4 is 10.6 Å². The van der Waals surface area contributed by atoms with Gasteiger partial charge in [-0.25, -0.2) is 4.39 Å². The van der Waals surface area contributed by atoms with Gasteiger partial charge < -0.3 is 10.6 Å². The maximum Gasteiger partial charge on any atom is 0.271 e. The number of carbonyl (C=O) groups is 2. The number of aromatic nitrogens is 2. The van der Waals surface area contributed by atoms with Crippen molar-refractivity contribution in [2.24, 2.45) is 7.05 Å². The third-order valence-electron chi connectivity index (χ3n) is 3.98. The summed E-state index contributed by atoms with van der Waals surface area (Å²) >= 11 is 0. The van der Waals surface area contributed by atoms with Crippen molar-refractivity contribution in [3.05, 3.63) is 83.3 Å². The Morgan fingerprint density at radius 1 is 1.04 bits per heavy atom. The number of nitrogens with one attached hydrogen (secondary N) is 2. The van der Waals surface area contributed by atoms with Crippen LogP contribution in [0, 0.1) is 5.82 Å². The maximum absolute atomic E-state index is 13.2. The number of halogens is 1. The van der Waals surface area contributed by atoms with Crippen molar-refractivity contribution >= 4 is 17.6 Å². The highest BCUT2D eigenvalue weighted by molar-refractivity contribution is 6.04. The smallest absolute Gasteiger partial charge is 0.271 e. The molecule has 0 radical (unpaired) electrons. The minimum Gasteiger partial charge on any atom is -0.350 e. The van der Waals surface area contributed by atoms with Gasteiger partial charge in [0.2, 0.25) is 0 Å². The Morgan fingerprint density at radius 2 is 1.81 bits per heavy atom. The molecule has 1 aromatic heterocycles. The fourth-order valence-electron chi connectivity index (χ4n) is 2.58. The Kier molecular flexibility index (Phi) is 5.61. The number of hydrogen-bond donors (Lipinski definition) is 2. The third-order valence-corrected chi connectivity index (χ3v) is 3.98. The lowest BCUT2D eigenvalue weighted by atomic mass is 10.1. The van der Waals surface area contributed by atoms with E-state index in [4.69, 9.17) is 0 Å². The Bertz CT molecular complexity index is 954. The van der Waals surface area contributed by atoms with E-state index in [1.807, 2.05) is 6.07 Å². The lowest BCUT2D eigenvalue weighted by Gasteiger charge is -2.04. The van der Waals surface area contributed by atoms with Crippen LogP contribution in [0.15, 0.2) is 60.7 Å². The van der Waals surface area contributed by atoms with E-state index in [0.29, 0.717) is 24.3 Å². The Balaban J connectivity index is 1.58. The van der Waals surface area contributed by atoms with Crippen LogP contribution in [0.5, 0.6) is 0 Å². The number of carbonyl (C=O) groups excluding carboxylic acids is 2. The van der Waals surface area contributed by atoms with Gasteiger partial charge in [0.05, 0.1) is 0 Å². The average molecular weight is 366 g/mol. The van der Waals surface area contributed by atoms with Crippen LogP contribution in [0.4, 0.5) is 10.2 Å². The van der Waals surface area contributed by atoms with E-state index in [-0.39, 0.29) is 23.3 Å². The summed E-state index contributed by atoms with van der Waals surface area (Å²) in [5, 5.41) is 9.60. The van der Waals surface area contributed by atoms with Crippen molar-refractivity contribution in [2.75, 3.05) is 11.9 Å². The summed E-state index contributed by atoms with van der Waals surface area (Å²) in [6, 6.07) is 16.5. The topological polar surface area (TPSA) is 76.0 Å². The first-order valence-electron chi connectivity index (χ1n) is 8.46. The minimum absolute atomic E-state index is 0.195. The highest BCUT2D eigenvalue weighted by atomic mass is 19.1. The molecule has 0 aliphatic rings. The molecule has 3 aromatic rings. The van der Waals surface area contributed by atoms with Gasteiger partial charge in [-0.05, 0) is 36.2 Å². The van der Waals surface area contributed by atoms with Gasteiger partial charge in [-0.2, -0.15) is 5.10 Å². The Morgan fingerprint density at radius 3 is 2.56 bits per heavy atom. The van der Waals surface area contributed by atoms with E-state index in [1.165, 1.54) is 22.9 Å². The molecule has 7 heteroatoms. The summed E-state index contributed by atoms with van der Waals surface area (Å²) in [6.45, 7) is 0.352. The lowest BCUT2D eigenvalue weighted by Crippen LogP contribution is -2.26. The summed E-state index contributed by atoms with van der Waals surface area (Å²) in [4.78, 5) is 24.5. The van der Waals surface area contributed by atoms with E-state index < -0.39 is 0 Å². The second-order valence-corrected chi connectivity index (χ2v) is 5.99. The summed E-state index contributed by atoms with van der Waals surface area (Å²) in [5.74, 6) is -0.527. The van der Waals surface area contributed by atoms with Gasteiger partial charge in [0.1, 0.15) is 11.6 Å². The number of rotatable bonds is 6. The number of aryl methyl sites for hydroxylation is 1. The van der Waals surface area contributed by atoms with Crippen molar-refractivity contribution in [2.45, 2.75) is 6.42 Å². The summed E-state index contributed by atoms with van der Waals surface area (Å²) in [6.07, 6.45) is 0.508. The summed E-state index contributed by atoms with van der Waals surface area (Å²) in [5.41, 5.74) is 1.51. The standard InChI is InChI=1S/C20H19FN4O2/c1-25-18(23-19(26)15-7-3-2-4-8-15)13-17(24-25)20(27)22-11-10-14-6-5-9-16(21)12-14/h2-9,12-13H,10-11H2,1H3,(H,22,27)(H,23,26). The molecule has 0 saturated carbocycles. The molecular formula is C20H19FN4O2. The van der Waals surface area contributed by atoms with Crippen molar-refractivity contribution in [1.82, 2.24) is 15.1 Å². The second-order valence-electron chi connectivity index (χ2n) is 5.99. The van der Waals surface area contributed by atoms with E-state index in [2.05, 4.69) is 15.7 Å². The molecule has 2 amide bonds. The van der Waals surface area contributed by atoms with Gasteiger partial charge >= 0.3 is 0 Å². The van der Waals surface area contributed by atoms with Gasteiger partial charge in [0, 0.05) is 25.2 Å². The highest BCUT2D eigenvalue weighted by Crippen LogP contribution is 2.11. The van der Waals surface area contributed by atoms with Crippen LogP contribution in [0.3, 0.4) is 0 Å². The van der Waals surface area contributed by atoms with Gasteiger partial charge in [0.15, 0.2) is 5.69 Å². The molecule has 0 unspecified atom stereocenters. The number of benzene rings is 2. The van der Waals surface area contributed by atoms with Crippen molar-refractivity contribution in [1.29, 1.82) is 0 Å². The van der Waals surface area contributed by atoms with Gasteiger partial charge in [-0.3, -0.25) is 14.3 Å². The fraction of sp³-hybridized carbons (Fsp3) is 0.150. The van der Waals surface area contributed by atoms with E-state index >= 15 is 0 Å². The molecule has 0 fully saturated rings. The molecule has 0 spiro atoms. The van der Waals surface area contributed by atoms with Crippen LogP contribution in [-0.4, -0.2) is 28.1 Å². The molecule has 0 atom stereocenters. The third kappa shape index (κ3) is 4.78. The first-order valence-corrected chi connectivity index (χ1v) is 8.46. The zero-order valence-corrected chi connectivity index (χ0v) is 14.8. The molecule has 0 aliphatic carbocycles. The number of amides is 2. The molecule has 1 heterocycles. The molecule has 0 saturated heterocycles. The van der Waals surface area contributed by atoms with Gasteiger partial charge in [-0.1, -0.05) is 30.3 Å². The van der Waals surface area contributed by atoms with E-state index in [1.54, 1.807) is 43.4 Å². The molecule has 0 aliphatic heterocycles. The van der Waals surface area contributed by atoms with Gasteiger partial charge in [0.25, 0.3) is 11.8 Å². The molecule has 138 valence electrons. The second kappa shape index (κ2) is 8.27. The largest absolute Gasteiger partial charge is 0.350 e. The summed E-state index contributed by atoms with van der Waals surface area (Å²) < 4.78 is 14.6. The number of nitrogens with zero attached hydrogens (tertiary/aromatic N) is 2. The molecule has 2 N–H and O–H groups in total. The Labute approximate surface area is 156 Å². The molecule has 2 aromatic carbocycles. The zero-order chi connectivity index (χ0) is 19.2. The molecule has 6 nitrogen and oxygen atoms in total. The lowest BCUT2D eigenvalue weighted by molar-refractivity contribution is 0.0947. The van der Waals surface area contributed by atoms with E-state index in [0.717, 1.165) is 5.56 Å². The normalized spacial score (nSPS) is 10.4. The predicted molar refractivity (Wildman–Crippen MR) is 100 cm³/mol. The molecular weight excluding hydrogens is 347 g/mol.